The predicted octanol–water partition coefficient (Wildman–Crippen LogP) is 2.87. The van der Waals surface area contributed by atoms with Gasteiger partial charge in [-0.1, -0.05) is 23.4 Å². The number of hydrogen-bond acceptors (Lipinski definition) is 4. The van der Waals surface area contributed by atoms with E-state index in [9.17, 15) is 18.7 Å². The van der Waals surface area contributed by atoms with Gasteiger partial charge in [-0.3, -0.25) is 4.79 Å². The van der Waals surface area contributed by atoms with Crippen LogP contribution < -0.4 is 0 Å². The van der Waals surface area contributed by atoms with Gasteiger partial charge in [-0.25, -0.2) is 13.5 Å². The van der Waals surface area contributed by atoms with Crippen molar-refractivity contribution in [3.05, 3.63) is 71.1 Å². The molecule has 3 aromatic rings. The van der Waals surface area contributed by atoms with E-state index >= 15 is 0 Å². The van der Waals surface area contributed by atoms with Gasteiger partial charge < -0.3 is 10.0 Å². The van der Waals surface area contributed by atoms with Gasteiger partial charge in [-0.15, -0.1) is 5.10 Å². The van der Waals surface area contributed by atoms with E-state index in [0.717, 1.165) is 17.7 Å². The van der Waals surface area contributed by atoms with Crippen molar-refractivity contribution in [1.82, 2.24) is 19.9 Å². The van der Waals surface area contributed by atoms with E-state index in [2.05, 4.69) is 10.3 Å². The van der Waals surface area contributed by atoms with E-state index in [4.69, 9.17) is 0 Å². The predicted molar refractivity (Wildman–Crippen MR) is 94.8 cm³/mol. The molecule has 2 aromatic carbocycles. The number of carbonyl (C=O) groups is 1. The van der Waals surface area contributed by atoms with Crippen LogP contribution in [-0.2, 0) is 6.42 Å². The van der Waals surface area contributed by atoms with Gasteiger partial charge in [0.25, 0.3) is 5.91 Å². The van der Waals surface area contributed by atoms with Crippen molar-refractivity contribution < 1.29 is 18.7 Å². The number of hydrogen-bond donors (Lipinski definition) is 1. The van der Waals surface area contributed by atoms with Crippen LogP contribution in [0.3, 0.4) is 0 Å². The summed E-state index contributed by atoms with van der Waals surface area (Å²) in [5.74, 6) is -2.14. The topological polar surface area (TPSA) is 71.2 Å². The average molecular weight is 372 g/mol. The van der Waals surface area contributed by atoms with E-state index in [-0.39, 0.29) is 23.0 Å². The lowest BCUT2D eigenvalue weighted by Crippen LogP contribution is -2.29. The Hall–Kier alpha value is -3.29. The van der Waals surface area contributed by atoms with Crippen LogP contribution in [-0.4, -0.2) is 44.5 Å². The molecule has 0 saturated heterocycles. The molecule has 1 amide bonds. The lowest BCUT2D eigenvalue weighted by molar-refractivity contribution is 0.0789. The van der Waals surface area contributed by atoms with Gasteiger partial charge in [0.15, 0.2) is 17.3 Å². The Morgan fingerprint density at radius 2 is 1.93 bits per heavy atom. The van der Waals surface area contributed by atoms with Crippen LogP contribution in [0.2, 0.25) is 0 Å². The minimum Gasteiger partial charge on any atom is -0.508 e. The second kappa shape index (κ2) is 7.53. The summed E-state index contributed by atoms with van der Waals surface area (Å²) < 4.78 is 27.8. The number of amides is 1. The zero-order chi connectivity index (χ0) is 19.6. The lowest BCUT2D eigenvalue weighted by Gasteiger charge is -2.16. The van der Waals surface area contributed by atoms with E-state index in [1.54, 1.807) is 32.2 Å². The van der Waals surface area contributed by atoms with Crippen LogP contribution >= 0.6 is 0 Å². The van der Waals surface area contributed by atoms with Gasteiger partial charge in [-0.05, 0) is 37.1 Å². The Bertz CT molecular complexity index is 988. The number of aromatic hydroxyl groups is 1. The van der Waals surface area contributed by atoms with Crippen LogP contribution in [0, 0.1) is 18.6 Å². The Labute approximate surface area is 154 Å². The van der Waals surface area contributed by atoms with Gasteiger partial charge >= 0.3 is 0 Å². The number of para-hydroxylation sites is 1. The molecule has 0 unspecified atom stereocenters. The largest absolute Gasteiger partial charge is 0.508 e. The smallest absolute Gasteiger partial charge is 0.276 e. The molecule has 0 radical (unpaired) electrons. The van der Waals surface area contributed by atoms with Crippen LogP contribution in [0.1, 0.15) is 21.7 Å². The molecule has 1 aromatic heterocycles. The highest BCUT2D eigenvalue weighted by Gasteiger charge is 2.21. The molecule has 8 heteroatoms. The van der Waals surface area contributed by atoms with Gasteiger partial charge in [0.2, 0.25) is 0 Å². The molecule has 0 fully saturated rings. The number of carbonyl (C=O) groups excluding carboxylic acids is 1. The second-order valence-electron chi connectivity index (χ2n) is 6.14. The number of likely N-dealkylation sites (N-methyl/N-ethyl adjacent to an activating group) is 1. The molecule has 6 nitrogen and oxygen atoms in total. The average Bonchev–Trinajstić information content (AvgIpc) is 3.04. The summed E-state index contributed by atoms with van der Waals surface area (Å²) in [6.07, 6.45) is 0.477. The molecule has 1 N–H and O–H groups in total. The van der Waals surface area contributed by atoms with Crippen LogP contribution in [0.4, 0.5) is 8.78 Å². The summed E-state index contributed by atoms with van der Waals surface area (Å²) in [5.41, 5.74) is 1.55. The molecule has 140 valence electrons. The number of phenols is 1. The van der Waals surface area contributed by atoms with Crippen LogP contribution in [0.25, 0.3) is 5.69 Å². The third-order valence-corrected chi connectivity index (χ3v) is 4.30. The fourth-order valence-electron chi connectivity index (χ4n) is 2.68. The van der Waals surface area contributed by atoms with Crippen molar-refractivity contribution in [2.24, 2.45) is 0 Å². The molecular formula is C19H18F2N4O2. The molecule has 3 rings (SSSR count). The van der Waals surface area contributed by atoms with Crippen molar-refractivity contribution >= 4 is 5.91 Å². The van der Waals surface area contributed by atoms with E-state index in [0.29, 0.717) is 18.7 Å². The number of halogens is 2. The van der Waals surface area contributed by atoms with Crippen molar-refractivity contribution in [2.45, 2.75) is 13.3 Å². The standard InChI is InChI=1S/C19H18F2N4O2/c1-12-18(22-23-25(12)14-7-8-15(20)16(21)11-14)19(27)24(2)10-9-13-5-3-4-6-17(13)26/h3-8,11,26H,9-10H2,1-2H3. The molecule has 0 aliphatic carbocycles. The first-order chi connectivity index (χ1) is 12.9. The highest BCUT2D eigenvalue weighted by Crippen LogP contribution is 2.18. The SMILES string of the molecule is Cc1c(C(=O)N(C)CCc2ccccc2O)nnn1-c1ccc(F)c(F)c1. The Morgan fingerprint density at radius 1 is 1.19 bits per heavy atom. The first kappa shape index (κ1) is 18.5. The third kappa shape index (κ3) is 3.79. The summed E-state index contributed by atoms with van der Waals surface area (Å²) in [6, 6.07) is 10.3. The maximum Gasteiger partial charge on any atom is 0.276 e. The summed E-state index contributed by atoms with van der Waals surface area (Å²) in [5, 5.41) is 17.6. The summed E-state index contributed by atoms with van der Waals surface area (Å²) >= 11 is 0. The second-order valence-corrected chi connectivity index (χ2v) is 6.14. The quantitative estimate of drug-likeness (QED) is 0.748. The molecule has 0 atom stereocenters. The number of rotatable bonds is 5. The summed E-state index contributed by atoms with van der Waals surface area (Å²) in [7, 11) is 1.62. The minimum absolute atomic E-state index is 0.125. The minimum atomic E-state index is -1.00. The molecule has 0 bridgehead atoms. The first-order valence-electron chi connectivity index (χ1n) is 8.28. The van der Waals surface area contributed by atoms with Gasteiger partial charge in [-0.2, -0.15) is 0 Å². The first-order valence-corrected chi connectivity index (χ1v) is 8.28. The zero-order valence-corrected chi connectivity index (χ0v) is 14.9. The van der Waals surface area contributed by atoms with E-state index in [1.807, 2.05) is 6.07 Å². The Balaban J connectivity index is 1.76. The fraction of sp³-hybridized carbons (Fsp3) is 0.211. The monoisotopic (exact) mass is 372 g/mol. The maximum atomic E-state index is 13.5. The number of phenolic OH excluding ortho intramolecular Hbond substituents is 1. The van der Waals surface area contributed by atoms with Gasteiger partial charge in [0.05, 0.1) is 11.4 Å². The Morgan fingerprint density at radius 3 is 2.63 bits per heavy atom. The lowest BCUT2D eigenvalue weighted by atomic mass is 10.1. The molecular weight excluding hydrogens is 354 g/mol. The van der Waals surface area contributed by atoms with Crippen LogP contribution in [0.15, 0.2) is 42.5 Å². The van der Waals surface area contributed by atoms with E-state index in [1.165, 1.54) is 15.6 Å². The zero-order valence-electron chi connectivity index (χ0n) is 14.9. The summed E-state index contributed by atoms with van der Waals surface area (Å²) in [6.45, 7) is 2.00. The molecule has 0 aliphatic heterocycles. The van der Waals surface area contributed by atoms with Gasteiger partial charge in [0, 0.05) is 19.7 Å². The van der Waals surface area contributed by atoms with Gasteiger partial charge in [0.1, 0.15) is 5.75 Å². The van der Waals surface area contributed by atoms with Crippen molar-refractivity contribution in [3.63, 3.8) is 0 Å². The van der Waals surface area contributed by atoms with Crippen molar-refractivity contribution in [3.8, 4) is 11.4 Å². The highest BCUT2D eigenvalue weighted by atomic mass is 19.2. The van der Waals surface area contributed by atoms with Crippen molar-refractivity contribution in [2.75, 3.05) is 13.6 Å². The highest BCUT2D eigenvalue weighted by molar-refractivity contribution is 5.93. The third-order valence-electron chi connectivity index (χ3n) is 4.30. The number of nitrogens with zero attached hydrogens (tertiary/aromatic N) is 4. The molecule has 1 heterocycles. The summed E-state index contributed by atoms with van der Waals surface area (Å²) in [4.78, 5) is 14.1. The number of benzene rings is 2. The molecule has 0 aliphatic rings. The molecule has 0 spiro atoms. The fourth-order valence-corrected chi connectivity index (χ4v) is 2.68. The maximum absolute atomic E-state index is 13.5. The molecule has 0 saturated carbocycles. The number of aromatic nitrogens is 3. The Kier molecular flexibility index (Phi) is 5.16. The normalized spacial score (nSPS) is 10.8. The van der Waals surface area contributed by atoms with Crippen molar-refractivity contribution in [1.29, 1.82) is 0 Å². The van der Waals surface area contributed by atoms with E-state index < -0.39 is 11.6 Å². The van der Waals surface area contributed by atoms with Crippen LogP contribution in [0.5, 0.6) is 5.75 Å². The molecule has 27 heavy (non-hydrogen) atoms.